The largest absolute Gasteiger partial charge is 0.301 e. The summed E-state index contributed by atoms with van der Waals surface area (Å²) >= 11 is 0. The lowest BCUT2D eigenvalue weighted by Gasteiger charge is -2.20. The molecule has 0 amide bonds. The minimum absolute atomic E-state index is 1.01. The molecule has 1 rings (SSSR count). The van der Waals surface area contributed by atoms with E-state index in [2.05, 4.69) is 35.1 Å². The normalized spacial score (nSPS) is 21.4. The van der Waals surface area contributed by atoms with Gasteiger partial charge in [0.05, 0.1) is 0 Å². The molecule has 1 aliphatic heterocycles. The van der Waals surface area contributed by atoms with Crippen molar-refractivity contribution >= 4 is 6.21 Å². The molecule has 0 aliphatic carbocycles. The Hall–Kier alpha value is -0.830. The quantitative estimate of drug-likeness (QED) is 0.621. The summed E-state index contributed by atoms with van der Waals surface area (Å²) < 4.78 is 0. The molecule has 0 spiro atoms. The van der Waals surface area contributed by atoms with Gasteiger partial charge in [-0.15, -0.1) is 0 Å². The van der Waals surface area contributed by atoms with Crippen LogP contribution in [0.2, 0.25) is 0 Å². The van der Waals surface area contributed by atoms with Gasteiger partial charge in [-0.05, 0) is 27.3 Å². The average molecular weight is 211 g/mol. The van der Waals surface area contributed by atoms with E-state index in [9.17, 15) is 0 Å². The first-order chi connectivity index (χ1) is 7.27. The topological polar surface area (TPSA) is 18.8 Å². The minimum Gasteiger partial charge on any atom is -0.301 e. The van der Waals surface area contributed by atoms with E-state index in [0.717, 1.165) is 19.6 Å². The second-order valence-electron chi connectivity index (χ2n) is 3.37. The van der Waals surface area contributed by atoms with Crippen molar-refractivity contribution in [2.75, 3.05) is 26.7 Å². The minimum atomic E-state index is 1.01. The third kappa shape index (κ3) is 4.98. The van der Waals surface area contributed by atoms with E-state index in [4.69, 9.17) is 0 Å². The molecule has 3 nitrogen and oxygen atoms in total. The van der Waals surface area contributed by atoms with Gasteiger partial charge in [-0.3, -0.25) is 5.01 Å². The van der Waals surface area contributed by atoms with Crippen LogP contribution in [0.3, 0.4) is 0 Å². The number of hydrogen-bond acceptors (Lipinski definition) is 3. The zero-order valence-corrected chi connectivity index (χ0v) is 10.8. The molecule has 0 N–H and O–H groups in total. The fraction of sp³-hybridized carbons (Fsp3) is 0.750. The van der Waals surface area contributed by atoms with Gasteiger partial charge in [-0.2, -0.15) is 5.10 Å². The van der Waals surface area contributed by atoms with Gasteiger partial charge in [-0.1, -0.05) is 19.9 Å². The third-order valence-electron chi connectivity index (χ3n) is 2.26. The Kier molecular flexibility index (Phi) is 8.01. The molecule has 15 heavy (non-hydrogen) atoms. The molecule has 0 aromatic carbocycles. The van der Waals surface area contributed by atoms with Crippen LogP contribution in [0, 0.1) is 0 Å². The second-order valence-corrected chi connectivity index (χ2v) is 3.37. The highest BCUT2D eigenvalue weighted by molar-refractivity contribution is 5.52. The summed E-state index contributed by atoms with van der Waals surface area (Å²) in [4.78, 5) is 2.33. The number of hydrogen-bond donors (Lipinski definition) is 0. The van der Waals surface area contributed by atoms with E-state index >= 15 is 0 Å². The van der Waals surface area contributed by atoms with Crippen LogP contribution in [-0.2, 0) is 0 Å². The van der Waals surface area contributed by atoms with Crippen LogP contribution < -0.4 is 0 Å². The van der Waals surface area contributed by atoms with E-state index in [0.29, 0.717) is 0 Å². The molecular formula is C12H25N3. The number of nitrogens with zero attached hydrogens (tertiary/aromatic N) is 3. The van der Waals surface area contributed by atoms with E-state index in [1.54, 1.807) is 0 Å². The standard InChI is InChI=1S/C10H19N3.C2H6/c1-4-10-9-12(3)7-6-8-13(10)11-5-2;1-2/h4-5H,6-9H2,1-3H3;1-2H3/b10-4-,11-5-;. The van der Waals surface area contributed by atoms with Crippen molar-refractivity contribution in [1.82, 2.24) is 9.91 Å². The summed E-state index contributed by atoms with van der Waals surface area (Å²) in [6.07, 6.45) is 5.19. The zero-order valence-electron chi connectivity index (χ0n) is 10.8. The smallest absolute Gasteiger partial charge is 0.0465 e. The Morgan fingerprint density at radius 1 is 1.20 bits per heavy atom. The first kappa shape index (κ1) is 14.2. The number of allylic oxidation sites excluding steroid dienone is 1. The molecule has 0 saturated carbocycles. The highest BCUT2D eigenvalue weighted by Gasteiger charge is 2.13. The predicted molar refractivity (Wildman–Crippen MR) is 68.1 cm³/mol. The summed E-state index contributed by atoms with van der Waals surface area (Å²) in [6.45, 7) is 11.2. The molecule has 1 aliphatic rings. The second kappa shape index (κ2) is 8.48. The molecule has 0 aromatic heterocycles. The number of rotatable bonds is 1. The van der Waals surface area contributed by atoms with Crippen LogP contribution in [-0.4, -0.2) is 42.8 Å². The van der Waals surface area contributed by atoms with Gasteiger partial charge < -0.3 is 4.90 Å². The SMILES string of the molecule is C/C=N\N1CCCN(C)C/C1=C/C.CC. The predicted octanol–water partition coefficient (Wildman–Crippen LogP) is 2.56. The summed E-state index contributed by atoms with van der Waals surface area (Å²) in [5, 5.41) is 6.44. The molecule has 1 heterocycles. The summed E-state index contributed by atoms with van der Waals surface area (Å²) in [6, 6.07) is 0. The lowest BCUT2D eigenvalue weighted by molar-refractivity contribution is 0.357. The van der Waals surface area contributed by atoms with Crippen LogP contribution >= 0.6 is 0 Å². The van der Waals surface area contributed by atoms with Crippen molar-refractivity contribution in [2.45, 2.75) is 34.1 Å². The Morgan fingerprint density at radius 3 is 2.40 bits per heavy atom. The molecule has 0 aromatic rings. The van der Waals surface area contributed by atoms with Crippen LogP contribution in [0.25, 0.3) is 0 Å². The molecule has 1 saturated heterocycles. The molecule has 3 heteroatoms. The zero-order chi connectivity index (χ0) is 11.7. The van der Waals surface area contributed by atoms with Gasteiger partial charge in [0.1, 0.15) is 0 Å². The van der Waals surface area contributed by atoms with Crippen LogP contribution in [0.5, 0.6) is 0 Å². The van der Waals surface area contributed by atoms with Gasteiger partial charge >= 0.3 is 0 Å². The maximum atomic E-state index is 4.34. The Bertz CT molecular complexity index is 209. The summed E-state index contributed by atoms with van der Waals surface area (Å²) in [5.41, 5.74) is 1.30. The van der Waals surface area contributed by atoms with Crippen molar-refractivity contribution in [3.63, 3.8) is 0 Å². The highest BCUT2D eigenvalue weighted by atomic mass is 15.5. The molecule has 0 unspecified atom stereocenters. The average Bonchev–Trinajstić information content (AvgIpc) is 2.44. The molecule has 1 fully saturated rings. The highest BCUT2D eigenvalue weighted by Crippen LogP contribution is 2.11. The van der Waals surface area contributed by atoms with Crippen molar-refractivity contribution < 1.29 is 0 Å². The maximum Gasteiger partial charge on any atom is 0.0465 e. The van der Waals surface area contributed by atoms with Crippen molar-refractivity contribution in [3.8, 4) is 0 Å². The Morgan fingerprint density at radius 2 is 1.87 bits per heavy atom. The molecule has 88 valence electrons. The van der Waals surface area contributed by atoms with Crippen LogP contribution in [0.1, 0.15) is 34.1 Å². The van der Waals surface area contributed by atoms with E-state index in [1.165, 1.54) is 12.1 Å². The molecule has 0 radical (unpaired) electrons. The molecular weight excluding hydrogens is 186 g/mol. The van der Waals surface area contributed by atoms with Crippen molar-refractivity contribution in [3.05, 3.63) is 11.8 Å². The first-order valence-corrected chi connectivity index (χ1v) is 5.87. The van der Waals surface area contributed by atoms with Gasteiger partial charge in [0.25, 0.3) is 0 Å². The first-order valence-electron chi connectivity index (χ1n) is 5.87. The molecule has 0 bridgehead atoms. The van der Waals surface area contributed by atoms with Gasteiger partial charge in [0.2, 0.25) is 0 Å². The summed E-state index contributed by atoms with van der Waals surface area (Å²) in [5.74, 6) is 0. The van der Waals surface area contributed by atoms with Gasteiger partial charge in [-0.25, -0.2) is 0 Å². The fourth-order valence-electron chi connectivity index (χ4n) is 1.58. The Labute approximate surface area is 94.4 Å². The van der Waals surface area contributed by atoms with Crippen LogP contribution in [0.15, 0.2) is 16.9 Å². The van der Waals surface area contributed by atoms with E-state index < -0.39 is 0 Å². The summed E-state index contributed by atoms with van der Waals surface area (Å²) in [7, 11) is 2.16. The number of likely N-dealkylation sites (N-methyl/N-ethyl adjacent to an activating group) is 1. The van der Waals surface area contributed by atoms with E-state index in [-0.39, 0.29) is 0 Å². The Balaban J connectivity index is 0.000000921. The van der Waals surface area contributed by atoms with Crippen molar-refractivity contribution in [1.29, 1.82) is 0 Å². The lowest BCUT2D eigenvalue weighted by Crippen LogP contribution is -2.23. The number of hydrazone groups is 1. The fourth-order valence-corrected chi connectivity index (χ4v) is 1.58. The monoisotopic (exact) mass is 211 g/mol. The maximum absolute atomic E-state index is 4.34. The van der Waals surface area contributed by atoms with Gasteiger partial charge in [0.15, 0.2) is 0 Å². The van der Waals surface area contributed by atoms with Crippen molar-refractivity contribution in [2.24, 2.45) is 5.10 Å². The third-order valence-corrected chi connectivity index (χ3v) is 2.26. The lowest BCUT2D eigenvalue weighted by atomic mass is 10.4. The van der Waals surface area contributed by atoms with Gasteiger partial charge in [0, 0.05) is 31.5 Å². The van der Waals surface area contributed by atoms with E-state index in [1.807, 2.05) is 27.0 Å². The van der Waals surface area contributed by atoms with Crippen LogP contribution in [0.4, 0.5) is 0 Å². The molecule has 0 atom stereocenters.